The third-order valence-corrected chi connectivity index (χ3v) is 5.19. The second-order valence-corrected chi connectivity index (χ2v) is 7.69. The van der Waals surface area contributed by atoms with Crippen molar-refractivity contribution in [3.63, 3.8) is 0 Å². The van der Waals surface area contributed by atoms with Crippen molar-refractivity contribution in [2.75, 3.05) is 18.4 Å². The van der Waals surface area contributed by atoms with Gasteiger partial charge in [0.25, 0.3) is 0 Å². The number of aromatic nitrogens is 2. The zero-order chi connectivity index (χ0) is 15.5. The first-order chi connectivity index (χ1) is 9.88. The average Bonchev–Trinajstić information content (AvgIpc) is 3.07. The van der Waals surface area contributed by atoms with Gasteiger partial charge in [0.05, 0.1) is 23.4 Å². The van der Waals surface area contributed by atoms with Gasteiger partial charge in [-0.25, -0.2) is 13.1 Å². The van der Waals surface area contributed by atoms with Crippen LogP contribution in [-0.4, -0.2) is 42.9 Å². The molecule has 1 aromatic rings. The van der Waals surface area contributed by atoms with E-state index in [4.69, 9.17) is 0 Å². The molecular formula is C12H21N5O3S. The molecule has 2 rings (SSSR count). The average molecular weight is 315 g/mol. The quantitative estimate of drug-likeness (QED) is 0.579. The van der Waals surface area contributed by atoms with E-state index in [-0.39, 0.29) is 18.4 Å². The minimum absolute atomic E-state index is 0.0374. The molecule has 0 spiro atoms. The van der Waals surface area contributed by atoms with Crippen molar-refractivity contribution in [1.82, 2.24) is 20.2 Å². The van der Waals surface area contributed by atoms with Crippen LogP contribution in [0.2, 0.25) is 0 Å². The Balaban J connectivity index is 1.88. The number of aromatic amines is 1. The van der Waals surface area contributed by atoms with Gasteiger partial charge in [-0.2, -0.15) is 5.10 Å². The fourth-order valence-corrected chi connectivity index (χ4v) is 2.66. The first-order valence-corrected chi connectivity index (χ1v) is 8.47. The standard InChI is InChI=1S/C12H21N5O3S/c1-8(2)21(19,20)14-7-10-5-11(17-16-10)15-12(18)9-3-4-13-6-9/h5,8-9,13-14H,3-4,6-7H2,1-2H3,(H2,15,16,17,18)/t9-/m0/s1. The lowest BCUT2D eigenvalue weighted by atomic mass is 10.1. The molecule has 0 aliphatic carbocycles. The number of carbonyl (C=O) groups is 1. The van der Waals surface area contributed by atoms with Crippen molar-refractivity contribution >= 4 is 21.7 Å². The molecule has 1 atom stereocenters. The summed E-state index contributed by atoms with van der Waals surface area (Å²) in [6.45, 7) is 4.86. The lowest BCUT2D eigenvalue weighted by Crippen LogP contribution is -2.30. The molecule has 1 aliphatic heterocycles. The predicted octanol–water partition coefficient (Wildman–Crippen LogP) is -0.214. The number of amides is 1. The summed E-state index contributed by atoms with van der Waals surface area (Å²) < 4.78 is 25.8. The summed E-state index contributed by atoms with van der Waals surface area (Å²) in [6, 6.07) is 1.63. The molecule has 1 fully saturated rings. The van der Waals surface area contributed by atoms with E-state index < -0.39 is 15.3 Å². The van der Waals surface area contributed by atoms with E-state index in [0.717, 1.165) is 13.0 Å². The van der Waals surface area contributed by atoms with Gasteiger partial charge in [0, 0.05) is 12.6 Å². The Kier molecular flexibility index (Phi) is 4.96. The highest BCUT2D eigenvalue weighted by Gasteiger charge is 2.23. The number of nitrogens with one attached hydrogen (secondary N) is 4. The van der Waals surface area contributed by atoms with Crippen molar-refractivity contribution < 1.29 is 13.2 Å². The van der Waals surface area contributed by atoms with Crippen LogP contribution in [0.5, 0.6) is 0 Å². The van der Waals surface area contributed by atoms with Crippen molar-refractivity contribution in [2.45, 2.75) is 32.1 Å². The van der Waals surface area contributed by atoms with Crippen LogP contribution >= 0.6 is 0 Å². The smallest absolute Gasteiger partial charge is 0.230 e. The molecule has 118 valence electrons. The van der Waals surface area contributed by atoms with Crippen LogP contribution in [0.25, 0.3) is 0 Å². The Bertz CT molecular complexity index is 590. The molecule has 9 heteroatoms. The number of hydrogen-bond donors (Lipinski definition) is 4. The van der Waals surface area contributed by atoms with Crippen LogP contribution in [0, 0.1) is 5.92 Å². The Morgan fingerprint density at radius 3 is 2.90 bits per heavy atom. The molecule has 8 nitrogen and oxygen atoms in total. The topological polar surface area (TPSA) is 116 Å². The summed E-state index contributed by atoms with van der Waals surface area (Å²) >= 11 is 0. The maximum Gasteiger partial charge on any atom is 0.230 e. The molecule has 1 aliphatic rings. The maximum atomic E-state index is 11.9. The van der Waals surface area contributed by atoms with Gasteiger partial charge in [0.1, 0.15) is 0 Å². The van der Waals surface area contributed by atoms with Crippen LogP contribution < -0.4 is 15.4 Å². The van der Waals surface area contributed by atoms with E-state index in [1.54, 1.807) is 19.9 Å². The number of anilines is 1. The molecule has 4 N–H and O–H groups in total. The summed E-state index contributed by atoms with van der Waals surface area (Å²) in [5, 5.41) is 12.0. The summed E-state index contributed by atoms with van der Waals surface area (Å²) in [6.07, 6.45) is 0.817. The van der Waals surface area contributed by atoms with Crippen LogP contribution in [0.3, 0.4) is 0 Å². The lowest BCUT2D eigenvalue weighted by molar-refractivity contribution is -0.119. The van der Waals surface area contributed by atoms with Crippen molar-refractivity contribution in [2.24, 2.45) is 5.92 Å². The molecule has 0 unspecified atom stereocenters. The van der Waals surface area contributed by atoms with Crippen molar-refractivity contribution in [3.8, 4) is 0 Å². The second-order valence-electron chi connectivity index (χ2n) is 5.37. The Morgan fingerprint density at radius 1 is 1.52 bits per heavy atom. The molecule has 21 heavy (non-hydrogen) atoms. The third kappa shape index (κ3) is 4.26. The minimum Gasteiger partial charge on any atom is -0.316 e. The molecule has 0 saturated carbocycles. The van der Waals surface area contributed by atoms with Gasteiger partial charge in [0.2, 0.25) is 15.9 Å². The van der Waals surface area contributed by atoms with Crippen LogP contribution in [0.15, 0.2) is 6.07 Å². The zero-order valence-electron chi connectivity index (χ0n) is 12.1. The number of H-pyrrole nitrogens is 1. The van der Waals surface area contributed by atoms with Gasteiger partial charge < -0.3 is 10.6 Å². The van der Waals surface area contributed by atoms with Gasteiger partial charge in [-0.15, -0.1) is 0 Å². The molecule has 2 heterocycles. The number of sulfonamides is 1. The summed E-state index contributed by atoms with van der Waals surface area (Å²) in [4.78, 5) is 11.9. The van der Waals surface area contributed by atoms with E-state index in [2.05, 4.69) is 25.6 Å². The minimum atomic E-state index is -3.32. The maximum absolute atomic E-state index is 11.9. The monoisotopic (exact) mass is 315 g/mol. The largest absolute Gasteiger partial charge is 0.316 e. The van der Waals surface area contributed by atoms with Gasteiger partial charge in [-0.1, -0.05) is 0 Å². The molecule has 0 radical (unpaired) electrons. The summed E-state index contributed by atoms with van der Waals surface area (Å²) in [5.74, 6) is 0.302. The van der Waals surface area contributed by atoms with Gasteiger partial charge >= 0.3 is 0 Å². The fraction of sp³-hybridized carbons (Fsp3) is 0.667. The normalized spacial score (nSPS) is 19.1. The lowest BCUT2D eigenvalue weighted by Gasteiger charge is -2.08. The Hall–Kier alpha value is -1.45. The first-order valence-electron chi connectivity index (χ1n) is 6.93. The zero-order valence-corrected chi connectivity index (χ0v) is 13.0. The highest BCUT2D eigenvalue weighted by molar-refractivity contribution is 7.90. The highest BCUT2D eigenvalue weighted by atomic mass is 32.2. The highest BCUT2D eigenvalue weighted by Crippen LogP contribution is 2.12. The van der Waals surface area contributed by atoms with Crippen molar-refractivity contribution in [1.29, 1.82) is 0 Å². The fourth-order valence-electron chi connectivity index (χ4n) is 1.97. The van der Waals surface area contributed by atoms with Gasteiger partial charge in [-0.05, 0) is 26.8 Å². The van der Waals surface area contributed by atoms with Gasteiger partial charge in [0.15, 0.2) is 5.82 Å². The van der Waals surface area contributed by atoms with E-state index in [1.165, 1.54) is 0 Å². The van der Waals surface area contributed by atoms with Gasteiger partial charge in [-0.3, -0.25) is 9.89 Å². The van der Waals surface area contributed by atoms with E-state index in [1.807, 2.05) is 0 Å². The summed E-state index contributed by atoms with van der Waals surface area (Å²) in [7, 11) is -3.32. The van der Waals surface area contributed by atoms with Crippen LogP contribution in [-0.2, 0) is 21.4 Å². The molecule has 1 aromatic heterocycles. The molecule has 0 aromatic carbocycles. The third-order valence-electron chi connectivity index (χ3n) is 3.40. The summed E-state index contributed by atoms with van der Waals surface area (Å²) in [5.41, 5.74) is 0.596. The Labute approximate surface area is 124 Å². The SMILES string of the molecule is CC(C)S(=O)(=O)NCc1cc(NC(=O)[C@H]2CCNC2)n[nH]1. The number of hydrogen-bond acceptors (Lipinski definition) is 5. The number of rotatable bonds is 6. The van der Waals surface area contributed by atoms with Crippen LogP contribution in [0.4, 0.5) is 5.82 Å². The number of carbonyl (C=O) groups excluding carboxylic acids is 1. The second kappa shape index (κ2) is 6.54. The van der Waals surface area contributed by atoms with E-state index in [9.17, 15) is 13.2 Å². The molecule has 1 saturated heterocycles. The first kappa shape index (κ1) is 15.9. The number of nitrogens with zero attached hydrogens (tertiary/aromatic N) is 1. The van der Waals surface area contributed by atoms with E-state index in [0.29, 0.717) is 18.1 Å². The molecule has 0 bridgehead atoms. The van der Waals surface area contributed by atoms with Crippen molar-refractivity contribution in [3.05, 3.63) is 11.8 Å². The molecule has 1 amide bonds. The molecular weight excluding hydrogens is 294 g/mol. The van der Waals surface area contributed by atoms with E-state index >= 15 is 0 Å². The predicted molar refractivity (Wildman–Crippen MR) is 79.1 cm³/mol. The Morgan fingerprint density at radius 2 is 2.29 bits per heavy atom. The van der Waals surface area contributed by atoms with Crippen LogP contribution in [0.1, 0.15) is 26.0 Å².